The number of carbonyl (C=O) groups is 2. The molecule has 2 rings (SSSR count). The Bertz CT molecular complexity index is 582. The van der Waals surface area contributed by atoms with E-state index in [0.29, 0.717) is 11.6 Å². The van der Waals surface area contributed by atoms with E-state index in [1.807, 2.05) is 6.07 Å². The van der Waals surface area contributed by atoms with Crippen molar-refractivity contribution in [2.24, 2.45) is 5.92 Å². The number of likely N-dealkylation sites (tertiary alicyclic amines) is 1. The van der Waals surface area contributed by atoms with Gasteiger partial charge >= 0.3 is 12.1 Å². The highest BCUT2D eigenvalue weighted by Gasteiger charge is 2.41. The Morgan fingerprint density at radius 3 is 2.55 bits per heavy atom. The van der Waals surface area contributed by atoms with E-state index >= 15 is 0 Å². The minimum Gasteiger partial charge on any atom is -0.481 e. The molecule has 0 aliphatic carbocycles. The van der Waals surface area contributed by atoms with Crippen molar-refractivity contribution in [1.29, 1.82) is 0 Å². The lowest BCUT2D eigenvalue weighted by Crippen LogP contribution is -2.35. The number of ether oxygens (including phenoxy) is 1. The van der Waals surface area contributed by atoms with Gasteiger partial charge in [0, 0.05) is 24.0 Å². The molecular formula is C16H20ClNO4. The normalized spacial score (nSPS) is 21.7. The molecular weight excluding hydrogens is 306 g/mol. The fraction of sp³-hybridized carbons (Fsp3) is 0.500. The van der Waals surface area contributed by atoms with Crippen molar-refractivity contribution in [2.45, 2.75) is 32.3 Å². The molecule has 1 saturated heterocycles. The van der Waals surface area contributed by atoms with Crippen LogP contribution in [0.5, 0.6) is 0 Å². The number of benzene rings is 1. The number of amides is 1. The molecule has 0 bridgehead atoms. The Kier molecular flexibility index (Phi) is 4.66. The average Bonchev–Trinajstić information content (AvgIpc) is 2.82. The molecule has 1 aromatic rings. The summed E-state index contributed by atoms with van der Waals surface area (Å²) in [7, 11) is 0. The highest BCUT2D eigenvalue weighted by atomic mass is 35.5. The maximum absolute atomic E-state index is 12.2. The van der Waals surface area contributed by atoms with Crippen LogP contribution in [0.2, 0.25) is 5.02 Å². The Morgan fingerprint density at radius 1 is 1.32 bits per heavy atom. The minimum absolute atomic E-state index is 0.140. The van der Waals surface area contributed by atoms with Crippen molar-refractivity contribution in [3.8, 4) is 0 Å². The highest BCUT2D eigenvalue weighted by molar-refractivity contribution is 6.30. The zero-order valence-corrected chi connectivity index (χ0v) is 13.6. The monoisotopic (exact) mass is 325 g/mol. The van der Waals surface area contributed by atoms with E-state index in [9.17, 15) is 14.7 Å². The zero-order valence-electron chi connectivity index (χ0n) is 12.9. The van der Waals surface area contributed by atoms with Crippen LogP contribution in [0.25, 0.3) is 0 Å². The predicted molar refractivity (Wildman–Crippen MR) is 83.1 cm³/mol. The van der Waals surface area contributed by atoms with Gasteiger partial charge in [-0.1, -0.05) is 23.7 Å². The van der Waals surface area contributed by atoms with Gasteiger partial charge in [-0.05, 0) is 38.5 Å². The van der Waals surface area contributed by atoms with E-state index in [2.05, 4.69) is 0 Å². The maximum atomic E-state index is 12.2. The number of halogens is 1. The molecule has 120 valence electrons. The van der Waals surface area contributed by atoms with E-state index in [1.165, 1.54) is 4.90 Å². The van der Waals surface area contributed by atoms with Crippen molar-refractivity contribution < 1.29 is 19.4 Å². The molecule has 5 nitrogen and oxygen atoms in total. The molecule has 2 atom stereocenters. The van der Waals surface area contributed by atoms with E-state index < -0.39 is 23.6 Å². The summed E-state index contributed by atoms with van der Waals surface area (Å²) in [5.41, 5.74) is 0.218. The third kappa shape index (κ3) is 3.91. The molecule has 1 aromatic carbocycles. The first-order valence-electron chi connectivity index (χ1n) is 7.13. The van der Waals surface area contributed by atoms with Crippen molar-refractivity contribution in [3.05, 3.63) is 34.9 Å². The lowest BCUT2D eigenvalue weighted by Gasteiger charge is -2.24. The van der Waals surface area contributed by atoms with Crippen LogP contribution in [-0.4, -0.2) is 40.8 Å². The number of carbonyl (C=O) groups excluding carboxylic acids is 1. The van der Waals surface area contributed by atoms with Crippen molar-refractivity contribution in [3.63, 3.8) is 0 Å². The maximum Gasteiger partial charge on any atom is 0.410 e. The minimum atomic E-state index is -0.920. The summed E-state index contributed by atoms with van der Waals surface area (Å²) in [4.78, 5) is 25.1. The molecule has 1 aliphatic rings. The molecule has 22 heavy (non-hydrogen) atoms. The summed E-state index contributed by atoms with van der Waals surface area (Å²) in [6, 6.07) is 7.11. The van der Waals surface area contributed by atoms with E-state index in [0.717, 1.165) is 5.56 Å². The SMILES string of the molecule is CC(C)(C)OC(=O)N1CC(C(=O)O)C(c2cccc(Cl)c2)C1. The number of rotatable bonds is 2. The summed E-state index contributed by atoms with van der Waals surface area (Å²) < 4.78 is 5.33. The summed E-state index contributed by atoms with van der Waals surface area (Å²) in [6.45, 7) is 5.80. The first-order valence-corrected chi connectivity index (χ1v) is 7.51. The molecule has 1 N–H and O–H groups in total. The van der Waals surface area contributed by atoms with Gasteiger partial charge in [-0.25, -0.2) is 4.79 Å². The summed E-state index contributed by atoms with van der Waals surface area (Å²) in [5, 5.41) is 9.99. The van der Waals surface area contributed by atoms with E-state index in [4.69, 9.17) is 16.3 Å². The van der Waals surface area contributed by atoms with Gasteiger partial charge in [-0.3, -0.25) is 4.79 Å². The topological polar surface area (TPSA) is 66.8 Å². The predicted octanol–water partition coefficient (Wildman–Crippen LogP) is 3.38. The second kappa shape index (κ2) is 6.16. The van der Waals surface area contributed by atoms with Crippen LogP contribution in [0, 0.1) is 5.92 Å². The van der Waals surface area contributed by atoms with Gasteiger partial charge in [0.2, 0.25) is 0 Å². The molecule has 0 spiro atoms. The Hall–Kier alpha value is -1.75. The van der Waals surface area contributed by atoms with Gasteiger partial charge in [-0.2, -0.15) is 0 Å². The molecule has 0 radical (unpaired) electrons. The largest absolute Gasteiger partial charge is 0.481 e. The molecule has 1 heterocycles. The Labute approximate surface area is 134 Å². The van der Waals surface area contributed by atoms with Crippen LogP contribution in [0.15, 0.2) is 24.3 Å². The smallest absolute Gasteiger partial charge is 0.410 e. The zero-order chi connectivity index (χ0) is 16.5. The standard InChI is InChI=1S/C16H20ClNO4/c1-16(2,3)22-15(21)18-8-12(13(9-18)14(19)20)10-5-4-6-11(17)7-10/h4-7,12-13H,8-9H2,1-3H3,(H,19,20). The molecule has 1 amide bonds. The van der Waals surface area contributed by atoms with Crippen molar-refractivity contribution in [2.75, 3.05) is 13.1 Å². The number of aliphatic carboxylic acids is 1. The first-order chi connectivity index (χ1) is 10.2. The fourth-order valence-electron chi connectivity index (χ4n) is 2.60. The molecule has 6 heteroatoms. The van der Waals surface area contributed by atoms with E-state index in [-0.39, 0.29) is 12.5 Å². The van der Waals surface area contributed by atoms with Crippen LogP contribution >= 0.6 is 11.6 Å². The fourth-order valence-corrected chi connectivity index (χ4v) is 2.80. The lowest BCUT2D eigenvalue weighted by atomic mass is 9.89. The Balaban J connectivity index is 2.20. The lowest BCUT2D eigenvalue weighted by molar-refractivity contribution is -0.141. The number of carboxylic acids is 1. The van der Waals surface area contributed by atoms with Crippen LogP contribution in [0.1, 0.15) is 32.3 Å². The number of carboxylic acid groups (broad SMARTS) is 1. The van der Waals surface area contributed by atoms with Crippen LogP contribution in [0.3, 0.4) is 0 Å². The van der Waals surface area contributed by atoms with E-state index in [1.54, 1.807) is 39.0 Å². The third-order valence-electron chi connectivity index (χ3n) is 3.57. The van der Waals surface area contributed by atoms with Crippen molar-refractivity contribution >= 4 is 23.7 Å². The van der Waals surface area contributed by atoms with Gasteiger partial charge < -0.3 is 14.7 Å². The van der Waals surface area contributed by atoms with Crippen molar-refractivity contribution in [1.82, 2.24) is 4.90 Å². The summed E-state index contributed by atoms with van der Waals surface area (Å²) >= 11 is 5.98. The number of hydrogen-bond donors (Lipinski definition) is 1. The molecule has 1 fully saturated rings. The van der Waals surface area contributed by atoms with Gasteiger partial charge in [0.25, 0.3) is 0 Å². The highest BCUT2D eigenvalue weighted by Crippen LogP contribution is 2.34. The molecule has 2 unspecified atom stereocenters. The van der Waals surface area contributed by atoms with Gasteiger partial charge in [0.15, 0.2) is 0 Å². The summed E-state index contributed by atoms with van der Waals surface area (Å²) in [6.07, 6.45) is -0.483. The number of nitrogens with zero attached hydrogens (tertiary/aromatic N) is 1. The van der Waals surface area contributed by atoms with Crippen LogP contribution in [0.4, 0.5) is 4.79 Å². The molecule has 0 aromatic heterocycles. The second-order valence-corrected chi connectivity index (χ2v) is 6.93. The Morgan fingerprint density at radius 2 is 2.00 bits per heavy atom. The van der Waals surface area contributed by atoms with Gasteiger partial charge in [0.1, 0.15) is 5.60 Å². The van der Waals surface area contributed by atoms with Crippen LogP contribution < -0.4 is 0 Å². The molecule has 1 aliphatic heterocycles. The average molecular weight is 326 g/mol. The van der Waals surface area contributed by atoms with Gasteiger partial charge in [0.05, 0.1) is 5.92 Å². The van der Waals surface area contributed by atoms with Gasteiger partial charge in [-0.15, -0.1) is 0 Å². The summed E-state index contributed by atoms with van der Waals surface area (Å²) in [5.74, 6) is -1.87. The first kappa shape index (κ1) is 16.6. The third-order valence-corrected chi connectivity index (χ3v) is 3.80. The molecule has 0 saturated carbocycles. The second-order valence-electron chi connectivity index (χ2n) is 6.49. The van der Waals surface area contributed by atoms with Crippen LogP contribution in [-0.2, 0) is 9.53 Å². The quantitative estimate of drug-likeness (QED) is 0.905. The number of hydrogen-bond acceptors (Lipinski definition) is 3.